The maximum atomic E-state index is 12.1. The molecule has 142 valence electrons. The summed E-state index contributed by atoms with van der Waals surface area (Å²) in [6, 6.07) is 6.83. The van der Waals surface area contributed by atoms with E-state index in [0.29, 0.717) is 12.3 Å². The van der Waals surface area contributed by atoms with Crippen molar-refractivity contribution in [3.63, 3.8) is 0 Å². The number of nitrogens with zero attached hydrogens (tertiary/aromatic N) is 2. The fourth-order valence-corrected chi connectivity index (χ4v) is 2.63. The number of aliphatic hydroxyl groups is 1. The number of rotatable bonds is 8. The molecule has 2 N–H and O–H groups in total. The molecule has 5 nitrogen and oxygen atoms in total. The van der Waals surface area contributed by atoms with Crippen LogP contribution in [0.15, 0.2) is 24.3 Å². The smallest absolute Gasteiger partial charge is 0.401 e. The molecule has 0 aliphatic carbocycles. The zero-order valence-electron chi connectivity index (χ0n) is 14.4. The third kappa shape index (κ3) is 8.04. The van der Waals surface area contributed by atoms with Crippen LogP contribution in [0, 0.1) is 0 Å². The number of β-amino-alcohol motifs (C(OH)–C–C–N with tert-alkyl or cyclic N) is 1. The minimum atomic E-state index is -4.21. The van der Waals surface area contributed by atoms with Crippen LogP contribution in [0.2, 0.25) is 0 Å². The predicted octanol–water partition coefficient (Wildman–Crippen LogP) is 1.33. The largest absolute Gasteiger partial charge is 0.491 e. The average molecular weight is 361 g/mol. The van der Waals surface area contributed by atoms with Crippen molar-refractivity contribution in [3.8, 4) is 5.75 Å². The van der Waals surface area contributed by atoms with Gasteiger partial charge in [-0.3, -0.25) is 4.90 Å². The Labute approximate surface area is 146 Å². The average Bonchev–Trinajstić information content (AvgIpc) is 2.55. The Morgan fingerprint density at radius 3 is 2.40 bits per heavy atom. The Morgan fingerprint density at radius 2 is 1.80 bits per heavy atom. The van der Waals surface area contributed by atoms with Crippen LogP contribution < -0.4 is 10.1 Å². The number of likely N-dealkylation sites (N-methyl/N-ethyl adjacent to an activating group) is 1. The van der Waals surface area contributed by atoms with E-state index in [1.165, 1.54) is 0 Å². The molecule has 1 aliphatic heterocycles. The van der Waals surface area contributed by atoms with Crippen molar-refractivity contribution in [2.24, 2.45) is 0 Å². The van der Waals surface area contributed by atoms with Crippen molar-refractivity contribution >= 4 is 0 Å². The molecule has 0 spiro atoms. The van der Waals surface area contributed by atoms with Gasteiger partial charge in [0.15, 0.2) is 0 Å². The molecule has 25 heavy (non-hydrogen) atoms. The van der Waals surface area contributed by atoms with Crippen LogP contribution in [-0.4, -0.2) is 80.1 Å². The van der Waals surface area contributed by atoms with Gasteiger partial charge in [0.1, 0.15) is 18.5 Å². The number of benzene rings is 1. The number of nitrogens with one attached hydrogen (secondary N) is 1. The van der Waals surface area contributed by atoms with Gasteiger partial charge in [-0.05, 0) is 24.7 Å². The molecule has 8 heteroatoms. The Balaban J connectivity index is 1.66. The highest BCUT2D eigenvalue weighted by Gasteiger charge is 2.26. The van der Waals surface area contributed by atoms with Gasteiger partial charge in [0.05, 0.1) is 6.54 Å². The van der Waals surface area contributed by atoms with Gasteiger partial charge in [-0.1, -0.05) is 12.1 Å². The van der Waals surface area contributed by atoms with Crippen LogP contribution in [0.25, 0.3) is 0 Å². The van der Waals surface area contributed by atoms with Crippen molar-refractivity contribution in [2.75, 3.05) is 52.9 Å². The van der Waals surface area contributed by atoms with Gasteiger partial charge in [-0.25, -0.2) is 0 Å². The van der Waals surface area contributed by atoms with Crippen LogP contribution in [0.1, 0.15) is 5.56 Å². The highest BCUT2D eigenvalue weighted by atomic mass is 19.4. The van der Waals surface area contributed by atoms with Gasteiger partial charge in [-0.15, -0.1) is 0 Å². The van der Waals surface area contributed by atoms with Crippen molar-refractivity contribution < 1.29 is 23.0 Å². The standard InChI is InChI=1S/C17H26F3N3O2/c1-22-6-8-23(9-7-22)11-15(24)12-25-16-4-2-14(3-5-16)10-21-13-17(18,19)20/h2-5,15,21,24H,6-13H2,1H3. The topological polar surface area (TPSA) is 48.0 Å². The zero-order chi connectivity index (χ0) is 18.3. The summed E-state index contributed by atoms with van der Waals surface area (Å²) in [4.78, 5) is 4.47. The number of hydrogen-bond acceptors (Lipinski definition) is 5. The third-order valence-corrected chi connectivity index (χ3v) is 4.09. The molecule has 1 saturated heterocycles. The summed E-state index contributed by atoms with van der Waals surface area (Å²) in [7, 11) is 2.08. The highest BCUT2D eigenvalue weighted by Crippen LogP contribution is 2.15. The van der Waals surface area contributed by atoms with Gasteiger partial charge >= 0.3 is 6.18 Å². The van der Waals surface area contributed by atoms with E-state index in [9.17, 15) is 18.3 Å². The maximum Gasteiger partial charge on any atom is 0.401 e. The molecule has 2 rings (SSSR count). The van der Waals surface area contributed by atoms with Crippen LogP contribution in [-0.2, 0) is 6.54 Å². The number of halogens is 3. The van der Waals surface area contributed by atoms with Crippen LogP contribution in [0.5, 0.6) is 5.75 Å². The number of hydrogen-bond donors (Lipinski definition) is 2. The zero-order valence-corrected chi connectivity index (χ0v) is 14.4. The summed E-state index contributed by atoms with van der Waals surface area (Å²) in [6.45, 7) is 3.77. The molecule has 0 bridgehead atoms. The lowest BCUT2D eigenvalue weighted by Gasteiger charge is -2.33. The van der Waals surface area contributed by atoms with Gasteiger partial charge in [-0.2, -0.15) is 13.2 Å². The van der Waals surface area contributed by atoms with Crippen LogP contribution in [0.4, 0.5) is 13.2 Å². The summed E-state index contributed by atoms with van der Waals surface area (Å²) >= 11 is 0. The van der Waals surface area contributed by atoms with E-state index in [1.807, 2.05) is 0 Å². The van der Waals surface area contributed by atoms with Crippen molar-refractivity contribution in [1.82, 2.24) is 15.1 Å². The molecule has 1 aromatic rings. The Hall–Kier alpha value is -1.35. The molecule has 0 amide bonds. The first-order valence-electron chi connectivity index (χ1n) is 8.40. The SMILES string of the molecule is CN1CCN(CC(O)COc2ccc(CNCC(F)(F)F)cc2)CC1. The Bertz CT molecular complexity index is 503. The van der Waals surface area contributed by atoms with Gasteiger partial charge in [0.2, 0.25) is 0 Å². The summed E-state index contributed by atoms with van der Waals surface area (Å²) in [5.41, 5.74) is 0.745. The molecular weight excluding hydrogens is 335 g/mol. The molecule has 1 unspecified atom stereocenters. The summed E-state index contributed by atoms with van der Waals surface area (Å²) in [6.07, 6.45) is -4.78. The van der Waals surface area contributed by atoms with E-state index >= 15 is 0 Å². The first-order valence-corrected chi connectivity index (χ1v) is 8.40. The van der Waals surface area contributed by atoms with E-state index in [-0.39, 0.29) is 13.2 Å². The fraction of sp³-hybridized carbons (Fsp3) is 0.647. The Kier molecular flexibility index (Phi) is 7.49. The number of aliphatic hydroxyl groups excluding tert-OH is 1. The second-order valence-electron chi connectivity index (χ2n) is 6.43. The molecule has 1 atom stereocenters. The lowest BCUT2D eigenvalue weighted by atomic mass is 10.2. The fourth-order valence-electron chi connectivity index (χ4n) is 2.63. The maximum absolute atomic E-state index is 12.1. The molecule has 1 heterocycles. The minimum Gasteiger partial charge on any atom is -0.491 e. The molecule has 1 fully saturated rings. The lowest BCUT2D eigenvalue weighted by molar-refractivity contribution is -0.125. The first kappa shape index (κ1) is 20.0. The van der Waals surface area contributed by atoms with Crippen LogP contribution in [0.3, 0.4) is 0 Å². The summed E-state index contributed by atoms with van der Waals surface area (Å²) in [5.74, 6) is 0.594. The second kappa shape index (κ2) is 9.38. The molecular formula is C17H26F3N3O2. The van der Waals surface area contributed by atoms with Gasteiger partial charge in [0.25, 0.3) is 0 Å². The number of piperazine rings is 1. The Morgan fingerprint density at radius 1 is 1.16 bits per heavy atom. The molecule has 0 radical (unpaired) electrons. The number of ether oxygens (including phenoxy) is 1. The second-order valence-corrected chi connectivity index (χ2v) is 6.43. The van der Waals surface area contributed by atoms with Crippen molar-refractivity contribution in [3.05, 3.63) is 29.8 Å². The quantitative estimate of drug-likeness (QED) is 0.732. The van der Waals surface area contributed by atoms with Gasteiger partial charge < -0.3 is 20.1 Å². The van der Waals surface area contributed by atoms with Crippen molar-refractivity contribution in [2.45, 2.75) is 18.8 Å². The van der Waals surface area contributed by atoms with E-state index in [4.69, 9.17) is 4.74 Å². The van der Waals surface area contributed by atoms with E-state index < -0.39 is 18.8 Å². The summed E-state index contributed by atoms with van der Waals surface area (Å²) < 4.78 is 41.8. The third-order valence-electron chi connectivity index (χ3n) is 4.09. The summed E-state index contributed by atoms with van der Waals surface area (Å²) in [5, 5.41) is 12.4. The van der Waals surface area contributed by atoms with E-state index in [1.54, 1.807) is 24.3 Å². The lowest BCUT2D eigenvalue weighted by Crippen LogP contribution is -2.47. The predicted molar refractivity (Wildman–Crippen MR) is 89.6 cm³/mol. The van der Waals surface area contributed by atoms with Crippen LogP contribution >= 0.6 is 0 Å². The first-order chi connectivity index (χ1) is 11.8. The molecule has 0 aromatic heterocycles. The molecule has 1 aromatic carbocycles. The normalized spacial score (nSPS) is 18.3. The number of alkyl halides is 3. The monoisotopic (exact) mass is 361 g/mol. The molecule has 0 saturated carbocycles. The van der Waals surface area contributed by atoms with E-state index in [2.05, 4.69) is 22.2 Å². The van der Waals surface area contributed by atoms with Gasteiger partial charge in [0, 0.05) is 39.3 Å². The van der Waals surface area contributed by atoms with Crippen molar-refractivity contribution in [1.29, 1.82) is 0 Å². The highest BCUT2D eigenvalue weighted by molar-refractivity contribution is 5.27. The minimum absolute atomic E-state index is 0.145. The molecule has 1 aliphatic rings. The van der Waals surface area contributed by atoms with E-state index in [0.717, 1.165) is 31.7 Å².